The first kappa shape index (κ1) is 24.8. The minimum atomic E-state index is 0.117. The van der Waals surface area contributed by atoms with Crippen LogP contribution >= 0.6 is 11.8 Å². The molecule has 1 aliphatic rings. The van der Waals surface area contributed by atoms with E-state index < -0.39 is 0 Å². The van der Waals surface area contributed by atoms with Crippen molar-refractivity contribution in [1.29, 1.82) is 0 Å². The van der Waals surface area contributed by atoms with Crippen molar-refractivity contribution in [3.05, 3.63) is 12.2 Å². The second-order valence-corrected chi connectivity index (χ2v) is 11.0. The van der Waals surface area contributed by atoms with Gasteiger partial charge >= 0.3 is 0 Å². The van der Waals surface area contributed by atoms with Crippen molar-refractivity contribution in [1.82, 2.24) is 0 Å². The lowest BCUT2D eigenvalue weighted by Crippen LogP contribution is -2.38. The number of carbonyl (C=O) groups is 1. The Kier molecular flexibility index (Phi) is 12.7. The third-order valence-electron chi connectivity index (χ3n) is 6.19. The van der Waals surface area contributed by atoms with Crippen LogP contribution in [0.15, 0.2) is 12.2 Å². The molecule has 0 aromatic rings. The summed E-state index contributed by atoms with van der Waals surface area (Å²) < 4.78 is 0. The Balaban J connectivity index is 2.08. The molecule has 27 heavy (non-hydrogen) atoms. The fourth-order valence-corrected chi connectivity index (χ4v) is 5.66. The van der Waals surface area contributed by atoms with Gasteiger partial charge in [-0.1, -0.05) is 105 Å². The number of unbranched alkanes of at least 4 members (excludes halogenated alkanes) is 9. The van der Waals surface area contributed by atoms with Crippen molar-refractivity contribution in [3.63, 3.8) is 0 Å². The molecule has 0 aliphatic heterocycles. The maximum Gasteiger partial charge on any atom is 0.138 e. The van der Waals surface area contributed by atoms with Crippen molar-refractivity contribution in [2.75, 3.05) is 5.75 Å². The van der Waals surface area contributed by atoms with Crippen LogP contribution in [-0.2, 0) is 4.79 Å². The molecule has 158 valence electrons. The molecule has 0 N–H and O–H groups in total. The van der Waals surface area contributed by atoms with Crippen molar-refractivity contribution in [3.8, 4) is 0 Å². The molecule has 2 heteroatoms. The summed E-state index contributed by atoms with van der Waals surface area (Å²) in [5.74, 6) is 2.29. The van der Waals surface area contributed by atoms with Gasteiger partial charge in [-0.15, -0.1) is 0 Å². The minimum Gasteiger partial charge on any atom is -0.299 e. The Bertz CT molecular complexity index is 426. The number of allylic oxidation sites excluding steroid dienone is 2. The first-order valence-corrected chi connectivity index (χ1v) is 12.7. The van der Waals surface area contributed by atoms with Gasteiger partial charge in [-0.25, -0.2) is 0 Å². The average Bonchev–Trinajstić information content (AvgIpc) is 2.58. The van der Waals surface area contributed by atoms with E-state index in [1.807, 2.05) is 11.8 Å². The summed E-state index contributed by atoms with van der Waals surface area (Å²) >= 11 is 2.01. The Labute approximate surface area is 174 Å². The van der Waals surface area contributed by atoms with Gasteiger partial charge in [-0.3, -0.25) is 4.79 Å². The molecule has 0 aromatic heterocycles. The molecule has 0 saturated heterocycles. The lowest BCUT2D eigenvalue weighted by molar-refractivity contribution is -0.128. The third kappa shape index (κ3) is 10.2. The smallest absolute Gasteiger partial charge is 0.138 e. The standard InChI is InChI=1S/C25H46OS/c1-6-7-8-9-10-11-12-13-14-15-19-27-22(3)20-23(26)24-21(2)17-16-18-25(24,4)5/h16-17,21-22,24H,6-15,18-20H2,1-5H3. The summed E-state index contributed by atoms with van der Waals surface area (Å²) in [5.41, 5.74) is 0.117. The van der Waals surface area contributed by atoms with Gasteiger partial charge in [0.05, 0.1) is 0 Å². The minimum absolute atomic E-state index is 0.117. The van der Waals surface area contributed by atoms with Gasteiger partial charge in [0.15, 0.2) is 0 Å². The second kappa shape index (κ2) is 13.9. The van der Waals surface area contributed by atoms with Gasteiger partial charge in [-0.05, 0) is 29.9 Å². The molecule has 0 saturated carbocycles. The maximum absolute atomic E-state index is 12.9. The van der Waals surface area contributed by atoms with Gasteiger partial charge in [0.25, 0.3) is 0 Å². The van der Waals surface area contributed by atoms with Crippen LogP contribution in [-0.4, -0.2) is 16.8 Å². The maximum atomic E-state index is 12.9. The van der Waals surface area contributed by atoms with E-state index in [1.54, 1.807) is 0 Å². The number of hydrogen-bond acceptors (Lipinski definition) is 2. The van der Waals surface area contributed by atoms with E-state index in [-0.39, 0.29) is 11.3 Å². The molecule has 1 rings (SSSR count). The number of hydrogen-bond donors (Lipinski definition) is 0. The molecule has 0 bridgehead atoms. The highest BCUT2D eigenvalue weighted by Gasteiger charge is 2.39. The lowest BCUT2D eigenvalue weighted by Gasteiger charge is -2.39. The van der Waals surface area contributed by atoms with E-state index in [1.165, 1.54) is 70.0 Å². The molecule has 3 unspecified atom stereocenters. The first-order valence-electron chi connectivity index (χ1n) is 11.7. The van der Waals surface area contributed by atoms with E-state index in [0.717, 1.165) is 12.8 Å². The molecule has 1 nitrogen and oxygen atoms in total. The molecular weight excluding hydrogens is 348 g/mol. The molecule has 0 amide bonds. The summed E-state index contributed by atoms with van der Waals surface area (Å²) in [6.07, 6.45) is 20.2. The van der Waals surface area contributed by atoms with Crippen LogP contribution < -0.4 is 0 Å². The molecule has 0 spiro atoms. The van der Waals surface area contributed by atoms with E-state index >= 15 is 0 Å². The zero-order valence-electron chi connectivity index (χ0n) is 18.9. The van der Waals surface area contributed by atoms with Gasteiger partial charge in [0, 0.05) is 17.6 Å². The lowest BCUT2D eigenvalue weighted by atomic mass is 9.65. The molecule has 0 aromatic carbocycles. The van der Waals surface area contributed by atoms with Crippen molar-refractivity contribution < 1.29 is 4.79 Å². The second-order valence-electron chi connectivity index (χ2n) is 9.49. The van der Waals surface area contributed by atoms with Crippen molar-refractivity contribution >= 4 is 17.5 Å². The summed E-state index contributed by atoms with van der Waals surface area (Å²) in [4.78, 5) is 12.9. The van der Waals surface area contributed by atoms with E-state index in [9.17, 15) is 4.79 Å². The number of carbonyl (C=O) groups excluding carboxylic acids is 1. The van der Waals surface area contributed by atoms with Crippen LogP contribution in [0, 0.1) is 17.3 Å². The summed E-state index contributed by atoms with van der Waals surface area (Å²) in [7, 11) is 0. The first-order chi connectivity index (χ1) is 12.9. The Hall–Kier alpha value is -0.240. The van der Waals surface area contributed by atoms with Gasteiger partial charge in [0.2, 0.25) is 0 Å². The highest BCUT2D eigenvalue weighted by atomic mass is 32.2. The monoisotopic (exact) mass is 394 g/mol. The molecule has 1 aliphatic carbocycles. The highest BCUT2D eigenvalue weighted by molar-refractivity contribution is 7.99. The molecular formula is C25H46OS. The summed E-state index contributed by atoms with van der Waals surface area (Å²) in [6.45, 7) is 11.3. The zero-order chi connectivity index (χ0) is 20.1. The van der Waals surface area contributed by atoms with Crippen molar-refractivity contribution in [2.45, 2.75) is 117 Å². The average molecular weight is 395 g/mol. The fourth-order valence-electron chi connectivity index (χ4n) is 4.61. The molecule has 3 atom stereocenters. The van der Waals surface area contributed by atoms with E-state index in [0.29, 0.717) is 17.0 Å². The number of thioether (sulfide) groups is 1. The largest absolute Gasteiger partial charge is 0.299 e. The Morgan fingerprint density at radius 3 is 2.15 bits per heavy atom. The van der Waals surface area contributed by atoms with E-state index in [2.05, 4.69) is 46.8 Å². The predicted molar refractivity (Wildman–Crippen MR) is 124 cm³/mol. The summed E-state index contributed by atoms with van der Waals surface area (Å²) in [6, 6.07) is 0. The summed E-state index contributed by atoms with van der Waals surface area (Å²) in [5, 5.41) is 0.463. The van der Waals surface area contributed by atoms with Crippen LogP contribution in [0.2, 0.25) is 0 Å². The quantitative estimate of drug-likeness (QED) is 0.205. The third-order valence-corrected chi connectivity index (χ3v) is 7.45. The van der Waals surface area contributed by atoms with Crippen molar-refractivity contribution in [2.24, 2.45) is 17.3 Å². The fraction of sp³-hybridized carbons (Fsp3) is 0.880. The normalized spacial score (nSPS) is 22.7. The van der Waals surface area contributed by atoms with Gasteiger partial charge in [0.1, 0.15) is 5.78 Å². The van der Waals surface area contributed by atoms with Crippen LogP contribution in [0.1, 0.15) is 112 Å². The Morgan fingerprint density at radius 1 is 1.04 bits per heavy atom. The predicted octanol–water partition coefficient (Wildman–Crippen LogP) is 8.23. The van der Waals surface area contributed by atoms with Gasteiger partial charge in [-0.2, -0.15) is 11.8 Å². The van der Waals surface area contributed by atoms with Crippen LogP contribution in [0.25, 0.3) is 0 Å². The van der Waals surface area contributed by atoms with Crippen LogP contribution in [0.3, 0.4) is 0 Å². The Morgan fingerprint density at radius 2 is 1.59 bits per heavy atom. The highest BCUT2D eigenvalue weighted by Crippen LogP contribution is 2.42. The van der Waals surface area contributed by atoms with E-state index in [4.69, 9.17) is 0 Å². The van der Waals surface area contributed by atoms with Gasteiger partial charge < -0.3 is 0 Å². The number of ketones is 1. The SMILES string of the molecule is CCCCCCCCCCCCSC(C)CC(=O)C1C(C)C=CCC1(C)C. The topological polar surface area (TPSA) is 17.1 Å². The van der Waals surface area contributed by atoms with Crippen LogP contribution in [0.5, 0.6) is 0 Å². The molecule has 0 heterocycles. The molecule has 0 fully saturated rings. The zero-order valence-corrected chi connectivity index (χ0v) is 19.7. The molecule has 0 radical (unpaired) electrons. The van der Waals surface area contributed by atoms with Crippen LogP contribution in [0.4, 0.5) is 0 Å². The number of Topliss-reactive ketones (excluding diaryl/α,β-unsaturated/α-hetero) is 1. The number of rotatable bonds is 15.